The molecule has 1 aromatic heterocycles. The molecule has 0 radical (unpaired) electrons. The molecule has 0 unspecified atom stereocenters. The Kier molecular flexibility index (Phi) is 5.93. The van der Waals surface area contributed by atoms with E-state index in [9.17, 15) is 4.79 Å². The van der Waals surface area contributed by atoms with Gasteiger partial charge in [-0.3, -0.25) is 4.79 Å². The van der Waals surface area contributed by atoms with Crippen molar-refractivity contribution in [2.45, 2.75) is 26.7 Å². The Hall–Kier alpha value is -2.14. The van der Waals surface area contributed by atoms with Crippen LogP contribution in [0.1, 0.15) is 35.8 Å². The van der Waals surface area contributed by atoms with E-state index < -0.39 is 0 Å². The summed E-state index contributed by atoms with van der Waals surface area (Å²) in [5, 5.41) is 3.83. The molecule has 0 atom stereocenters. The molecule has 122 valence electrons. The van der Waals surface area contributed by atoms with Gasteiger partial charge in [0.25, 0.3) is 5.91 Å². The minimum absolute atomic E-state index is 0.105. The van der Waals surface area contributed by atoms with E-state index in [1.54, 1.807) is 18.0 Å². The van der Waals surface area contributed by atoms with Gasteiger partial charge in [-0.2, -0.15) is 0 Å². The van der Waals surface area contributed by atoms with Crippen LogP contribution < -0.4 is 5.32 Å². The first-order chi connectivity index (χ1) is 11.0. The number of benzene rings is 1. The molecule has 0 aliphatic carbocycles. The van der Waals surface area contributed by atoms with Gasteiger partial charge in [0.2, 0.25) is 0 Å². The number of hydrogen-bond acceptors (Lipinski definition) is 4. The highest BCUT2D eigenvalue weighted by Crippen LogP contribution is 2.23. The number of unbranched alkanes of at least 4 members (excludes halogenated alkanes) is 1. The van der Waals surface area contributed by atoms with E-state index in [4.69, 9.17) is 11.6 Å². The summed E-state index contributed by atoms with van der Waals surface area (Å²) in [6.45, 7) is 4.79. The van der Waals surface area contributed by atoms with Crippen LogP contribution in [0, 0.1) is 6.92 Å². The molecule has 23 heavy (non-hydrogen) atoms. The summed E-state index contributed by atoms with van der Waals surface area (Å²) in [5.74, 6) is 0.462. The Morgan fingerprint density at radius 3 is 2.83 bits per heavy atom. The summed E-state index contributed by atoms with van der Waals surface area (Å²) in [6, 6.07) is 7.25. The quantitative estimate of drug-likeness (QED) is 0.866. The van der Waals surface area contributed by atoms with E-state index >= 15 is 0 Å². The van der Waals surface area contributed by atoms with E-state index in [1.165, 1.54) is 6.33 Å². The van der Waals surface area contributed by atoms with Gasteiger partial charge in [0.05, 0.1) is 0 Å². The molecule has 6 heteroatoms. The standard InChI is InChI=1S/C17H21ClN4O/c1-4-5-8-22(3)17(23)15-10-16(20-11-19-15)21-14-9-13(18)7-6-12(14)2/h6-7,9-11H,4-5,8H2,1-3H3,(H,19,20,21). The Labute approximate surface area is 141 Å². The van der Waals surface area contributed by atoms with Crippen LogP contribution in [-0.4, -0.2) is 34.4 Å². The maximum Gasteiger partial charge on any atom is 0.272 e. The van der Waals surface area contributed by atoms with Crippen molar-refractivity contribution >= 4 is 29.0 Å². The number of nitrogens with zero attached hydrogens (tertiary/aromatic N) is 3. The maximum absolute atomic E-state index is 12.4. The normalized spacial score (nSPS) is 10.4. The molecule has 2 aromatic rings. The van der Waals surface area contributed by atoms with Crippen molar-refractivity contribution in [2.24, 2.45) is 0 Å². The van der Waals surface area contributed by atoms with Crippen molar-refractivity contribution in [3.8, 4) is 0 Å². The monoisotopic (exact) mass is 332 g/mol. The molecule has 0 fully saturated rings. The number of amides is 1. The van der Waals surface area contributed by atoms with Gasteiger partial charge in [0.15, 0.2) is 0 Å². The average molecular weight is 333 g/mol. The Morgan fingerprint density at radius 1 is 1.30 bits per heavy atom. The predicted octanol–water partition coefficient (Wildman–Crippen LogP) is 4.05. The number of carbonyl (C=O) groups excluding carboxylic acids is 1. The lowest BCUT2D eigenvalue weighted by Gasteiger charge is -2.16. The van der Waals surface area contributed by atoms with Crippen LogP contribution in [0.15, 0.2) is 30.6 Å². The van der Waals surface area contributed by atoms with Crippen molar-refractivity contribution in [1.82, 2.24) is 14.9 Å². The number of aromatic nitrogens is 2. The second-order valence-electron chi connectivity index (χ2n) is 5.45. The summed E-state index contributed by atoms with van der Waals surface area (Å²) >= 11 is 6.02. The summed E-state index contributed by atoms with van der Waals surface area (Å²) in [4.78, 5) is 22.3. The van der Waals surface area contributed by atoms with Crippen LogP contribution in [0.3, 0.4) is 0 Å². The molecule has 1 heterocycles. The van der Waals surface area contributed by atoms with E-state index in [0.29, 0.717) is 16.5 Å². The molecule has 1 N–H and O–H groups in total. The fourth-order valence-electron chi connectivity index (χ4n) is 2.10. The number of rotatable bonds is 6. The minimum atomic E-state index is -0.105. The van der Waals surface area contributed by atoms with Crippen molar-refractivity contribution < 1.29 is 4.79 Å². The molecule has 0 saturated heterocycles. The zero-order valence-corrected chi connectivity index (χ0v) is 14.4. The number of anilines is 2. The van der Waals surface area contributed by atoms with Gasteiger partial charge in [0, 0.05) is 30.4 Å². The van der Waals surface area contributed by atoms with Crippen molar-refractivity contribution in [1.29, 1.82) is 0 Å². The lowest BCUT2D eigenvalue weighted by atomic mass is 10.2. The van der Waals surface area contributed by atoms with E-state index in [-0.39, 0.29) is 5.91 Å². The SMILES string of the molecule is CCCCN(C)C(=O)c1cc(Nc2cc(Cl)ccc2C)ncn1. The van der Waals surface area contributed by atoms with Crippen LogP contribution in [0.25, 0.3) is 0 Å². The fourth-order valence-corrected chi connectivity index (χ4v) is 2.27. The third-order valence-electron chi connectivity index (χ3n) is 3.54. The van der Waals surface area contributed by atoms with E-state index in [2.05, 4.69) is 22.2 Å². The third-order valence-corrected chi connectivity index (χ3v) is 3.78. The maximum atomic E-state index is 12.4. The molecule has 0 spiro atoms. The summed E-state index contributed by atoms with van der Waals surface area (Å²) in [5.41, 5.74) is 2.27. The van der Waals surface area contributed by atoms with Gasteiger partial charge >= 0.3 is 0 Å². The highest BCUT2D eigenvalue weighted by Gasteiger charge is 2.14. The third kappa shape index (κ3) is 4.66. The van der Waals surface area contributed by atoms with Crippen molar-refractivity contribution in [3.05, 3.63) is 46.9 Å². The van der Waals surface area contributed by atoms with E-state index in [1.807, 2.05) is 25.1 Å². The molecular weight excluding hydrogens is 312 g/mol. The topological polar surface area (TPSA) is 58.1 Å². The molecule has 1 amide bonds. The first-order valence-electron chi connectivity index (χ1n) is 7.62. The highest BCUT2D eigenvalue weighted by atomic mass is 35.5. The Morgan fingerprint density at radius 2 is 2.09 bits per heavy atom. The van der Waals surface area contributed by atoms with Crippen LogP contribution in [0.4, 0.5) is 11.5 Å². The van der Waals surface area contributed by atoms with Gasteiger partial charge in [-0.1, -0.05) is 31.0 Å². The molecule has 0 saturated carbocycles. The smallest absolute Gasteiger partial charge is 0.272 e. The van der Waals surface area contributed by atoms with Gasteiger partial charge in [-0.05, 0) is 31.0 Å². The van der Waals surface area contributed by atoms with Crippen molar-refractivity contribution in [2.75, 3.05) is 18.9 Å². The second-order valence-corrected chi connectivity index (χ2v) is 5.89. The summed E-state index contributed by atoms with van der Waals surface area (Å²) in [6.07, 6.45) is 3.41. The predicted molar refractivity (Wildman–Crippen MR) is 93.4 cm³/mol. The molecule has 1 aromatic carbocycles. The number of carbonyl (C=O) groups is 1. The highest BCUT2D eigenvalue weighted by molar-refractivity contribution is 6.30. The average Bonchev–Trinajstić information content (AvgIpc) is 2.55. The Bertz CT molecular complexity index is 690. The zero-order valence-electron chi connectivity index (χ0n) is 13.6. The van der Waals surface area contributed by atoms with Crippen LogP contribution in [0.2, 0.25) is 5.02 Å². The van der Waals surface area contributed by atoms with Crippen molar-refractivity contribution in [3.63, 3.8) is 0 Å². The number of aryl methyl sites for hydroxylation is 1. The summed E-state index contributed by atoms with van der Waals surface area (Å²) < 4.78 is 0. The Balaban J connectivity index is 2.16. The van der Waals surface area contributed by atoms with E-state index in [0.717, 1.165) is 30.6 Å². The fraction of sp³-hybridized carbons (Fsp3) is 0.353. The lowest BCUT2D eigenvalue weighted by molar-refractivity contribution is 0.0787. The van der Waals surface area contributed by atoms with Gasteiger partial charge < -0.3 is 10.2 Å². The second kappa shape index (κ2) is 7.92. The molecular formula is C17H21ClN4O. The lowest BCUT2D eigenvalue weighted by Crippen LogP contribution is -2.28. The van der Waals surface area contributed by atoms with Crippen LogP contribution >= 0.6 is 11.6 Å². The number of hydrogen-bond donors (Lipinski definition) is 1. The number of halogens is 1. The van der Waals surface area contributed by atoms with Gasteiger partial charge in [-0.25, -0.2) is 9.97 Å². The van der Waals surface area contributed by atoms with Gasteiger partial charge in [0.1, 0.15) is 17.8 Å². The molecule has 0 aliphatic rings. The zero-order chi connectivity index (χ0) is 16.8. The van der Waals surface area contributed by atoms with Gasteiger partial charge in [-0.15, -0.1) is 0 Å². The largest absolute Gasteiger partial charge is 0.340 e. The molecule has 0 bridgehead atoms. The molecule has 2 rings (SSSR count). The first-order valence-corrected chi connectivity index (χ1v) is 7.99. The van der Waals surface area contributed by atoms with Crippen LogP contribution in [0.5, 0.6) is 0 Å². The number of nitrogens with one attached hydrogen (secondary N) is 1. The summed E-state index contributed by atoms with van der Waals surface area (Å²) in [7, 11) is 1.79. The molecule has 5 nitrogen and oxygen atoms in total. The minimum Gasteiger partial charge on any atom is -0.340 e. The first kappa shape index (κ1) is 17.2. The van der Waals surface area contributed by atoms with Crippen LogP contribution in [-0.2, 0) is 0 Å². The molecule has 0 aliphatic heterocycles.